The molecular formula is C17H26IN5OS. The molecule has 2 N–H and O–H groups in total. The molecule has 0 radical (unpaired) electrons. The number of aromatic nitrogens is 1. The number of thiazole rings is 1. The summed E-state index contributed by atoms with van der Waals surface area (Å²) in [6.07, 6.45) is 0. The van der Waals surface area contributed by atoms with Gasteiger partial charge in [0.25, 0.3) is 0 Å². The van der Waals surface area contributed by atoms with Gasteiger partial charge in [-0.25, -0.2) is 9.98 Å². The van der Waals surface area contributed by atoms with Gasteiger partial charge in [-0.2, -0.15) is 0 Å². The summed E-state index contributed by atoms with van der Waals surface area (Å²) in [6.45, 7) is 4.05. The van der Waals surface area contributed by atoms with Gasteiger partial charge in [0.1, 0.15) is 5.75 Å². The topological polar surface area (TPSA) is 61.8 Å². The second kappa shape index (κ2) is 11.1. The highest BCUT2D eigenvalue weighted by molar-refractivity contribution is 14.0. The summed E-state index contributed by atoms with van der Waals surface area (Å²) in [5, 5.41) is 9.64. The summed E-state index contributed by atoms with van der Waals surface area (Å²) >= 11 is 1.64. The highest BCUT2D eigenvalue weighted by Crippen LogP contribution is 2.18. The SMILES string of the molecule is CCNC(=NCc1ccccc1OC)NCc1csc(N(C)C)n1.I. The molecule has 0 bridgehead atoms. The average Bonchev–Trinajstić information content (AvgIpc) is 3.07. The van der Waals surface area contributed by atoms with Crippen LogP contribution in [0.3, 0.4) is 0 Å². The van der Waals surface area contributed by atoms with E-state index in [-0.39, 0.29) is 24.0 Å². The third kappa shape index (κ3) is 6.69. The van der Waals surface area contributed by atoms with E-state index in [1.54, 1.807) is 18.4 Å². The smallest absolute Gasteiger partial charge is 0.191 e. The molecule has 0 aliphatic carbocycles. The molecule has 0 saturated heterocycles. The van der Waals surface area contributed by atoms with E-state index >= 15 is 0 Å². The highest BCUT2D eigenvalue weighted by Gasteiger charge is 2.05. The highest BCUT2D eigenvalue weighted by atomic mass is 127. The van der Waals surface area contributed by atoms with Crippen LogP contribution >= 0.6 is 35.3 Å². The Hall–Kier alpha value is -1.55. The largest absolute Gasteiger partial charge is 0.496 e. The van der Waals surface area contributed by atoms with Gasteiger partial charge in [-0.15, -0.1) is 35.3 Å². The van der Waals surface area contributed by atoms with Crippen LogP contribution in [0.5, 0.6) is 5.75 Å². The van der Waals surface area contributed by atoms with Crippen molar-refractivity contribution in [1.82, 2.24) is 15.6 Å². The van der Waals surface area contributed by atoms with Gasteiger partial charge in [-0.1, -0.05) is 18.2 Å². The molecule has 2 aromatic rings. The first-order valence-electron chi connectivity index (χ1n) is 7.89. The van der Waals surface area contributed by atoms with Gasteiger partial charge in [-0.3, -0.25) is 0 Å². The Kier molecular flexibility index (Phi) is 9.58. The fraction of sp³-hybridized carbons (Fsp3) is 0.412. The molecule has 1 aromatic heterocycles. The van der Waals surface area contributed by atoms with Crippen molar-refractivity contribution in [2.75, 3.05) is 32.6 Å². The molecule has 0 aliphatic heterocycles. The quantitative estimate of drug-likeness (QED) is 0.366. The van der Waals surface area contributed by atoms with Crippen LogP contribution in [-0.2, 0) is 13.1 Å². The van der Waals surface area contributed by atoms with Crippen molar-refractivity contribution in [2.45, 2.75) is 20.0 Å². The second-order valence-corrected chi connectivity index (χ2v) is 6.21. The van der Waals surface area contributed by atoms with Gasteiger partial charge in [0.05, 0.1) is 25.9 Å². The summed E-state index contributed by atoms with van der Waals surface area (Å²) in [6, 6.07) is 7.92. The lowest BCUT2D eigenvalue weighted by Gasteiger charge is -2.11. The molecule has 0 unspecified atom stereocenters. The third-order valence-electron chi connectivity index (χ3n) is 3.30. The fourth-order valence-electron chi connectivity index (χ4n) is 2.10. The number of guanidine groups is 1. The van der Waals surface area contributed by atoms with E-state index in [1.807, 2.05) is 50.2 Å². The minimum atomic E-state index is 0. The van der Waals surface area contributed by atoms with Crippen LogP contribution in [0.25, 0.3) is 0 Å². The minimum Gasteiger partial charge on any atom is -0.496 e. The van der Waals surface area contributed by atoms with Crippen molar-refractivity contribution in [2.24, 2.45) is 4.99 Å². The normalized spacial score (nSPS) is 10.8. The standard InChI is InChI=1S/C17H25N5OS.HI/c1-5-18-16(19-10-13-8-6-7-9-15(13)23-4)20-11-14-12-24-17(21-14)22(2)3;/h6-9,12H,5,10-11H2,1-4H3,(H2,18,19,20);1H. The molecule has 0 aliphatic rings. The van der Waals surface area contributed by atoms with Gasteiger partial charge in [0, 0.05) is 31.6 Å². The molecule has 6 nitrogen and oxygen atoms in total. The first kappa shape index (κ1) is 21.5. The number of ether oxygens (including phenoxy) is 1. The lowest BCUT2D eigenvalue weighted by molar-refractivity contribution is 0.410. The first-order valence-corrected chi connectivity index (χ1v) is 8.77. The number of nitrogens with one attached hydrogen (secondary N) is 2. The molecule has 8 heteroatoms. The van der Waals surface area contributed by atoms with Crippen LogP contribution in [0.1, 0.15) is 18.2 Å². The number of anilines is 1. The van der Waals surface area contributed by atoms with Crippen molar-refractivity contribution >= 4 is 46.4 Å². The van der Waals surface area contributed by atoms with Crippen molar-refractivity contribution in [1.29, 1.82) is 0 Å². The molecule has 0 amide bonds. The van der Waals surface area contributed by atoms with Crippen LogP contribution in [0, 0.1) is 0 Å². The maximum absolute atomic E-state index is 5.37. The minimum absolute atomic E-state index is 0. The van der Waals surface area contributed by atoms with Crippen molar-refractivity contribution in [3.05, 3.63) is 40.9 Å². The predicted molar refractivity (Wildman–Crippen MR) is 117 cm³/mol. The molecule has 1 heterocycles. The number of rotatable bonds is 7. The number of para-hydroxylation sites is 1. The van der Waals surface area contributed by atoms with Gasteiger partial charge < -0.3 is 20.3 Å². The molecule has 0 fully saturated rings. The zero-order chi connectivity index (χ0) is 17.4. The van der Waals surface area contributed by atoms with E-state index < -0.39 is 0 Å². The van der Waals surface area contributed by atoms with E-state index in [2.05, 4.69) is 26.0 Å². The molecule has 1 aromatic carbocycles. The number of nitrogens with zero attached hydrogens (tertiary/aromatic N) is 3. The first-order chi connectivity index (χ1) is 11.6. The molecular weight excluding hydrogens is 449 g/mol. The molecule has 25 heavy (non-hydrogen) atoms. The number of methoxy groups -OCH3 is 1. The number of hydrogen-bond donors (Lipinski definition) is 2. The van der Waals surface area contributed by atoms with Crippen LogP contribution in [-0.4, -0.2) is 38.7 Å². The Morgan fingerprint density at radius 2 is 2.04 bits per heavy atom. The summed E-state index contributed by atoms with van der Waals surface area (Å²) in [5.41, 5.74) is 2.06. The van der Waals surface area contributed by atoms with Gasteiger partial charge in [0.15, 0.2) is 11.1 Å². The van der Waals surface area contributed by atoms with Crippen LogP contribution in [0.2, 0.25) is 0 Å². The Morgan fingerprint density at radius 1 is 1.28 bits per heavy atom. The molecule has 138 valence electrons. The Labute approximate surface area is 170 Å². The molecule has 0 spiro atoms. The summed E-state index contributed by atoms with van der Waals surface area (Å²) in [7, 11) is 5.67. The average molecular weight is 475 g/mol. The van der Waals surface area contributed by atoms with Crippen LogP contribution in [0.4, 0.5) is 5.13 Å². The number of benzene rings is 1. The lowest BCUT2D eigenvalue weighted by atomic mass is 10.2. The van der Waals surface area contributed by atoms with Crippen molar-refractivity contribution in [3.63, 3.8) is 0 Å². The van der Waals surface area contributed by atoms with Gasteiger partial charge in [0.2, 0.25) is 0 Å². The zero-order valence-electron chi connectivity index (χ0n) is 15.1. The third-order valence-corrected chi connectivity index (χ3v) is 4.36. The maximum atomic E-state index is 5.37. The number of halogens is 1. The molecule has 0 saturated carbocycles. The fourth-order valence-corrected chi connectivity index (χ4v) is 2.85. The van der Waals surface area contributed by atoms with E-state index in [0.717, 1.165) is 34.6 Å². The van der Waals surface area contributed by atoms with Gasteiger partial charge >= 0.3 is 0 Å². The molecule has 2 rings (SSSR count). The monoisotopic (exact) mass is 475 g/mol. The summed E-state index contributed by atoms with van der Waals surface area (Å²) in [4.78, 5) is 11.2. The maximum Gasteiger partial charge on any atom is 0.191 e. The summed E-state index contributed by atoms with van der Waals surface area (Å²) in [5.74, 6) is 1.62. The Bertz CT molecular complexity index is 675. The van der Waals surface area contributed by atoms with Crippen molar-refractivity contribution < 1.29 is 4.74 Å². The Balaban J connectivity index is 0.00000312. The molecule has 0 atom stereocenters. The van der Waals surface area contributed by atoms with E-state index in [9.17, 15) is 0 Å². The van der Waals surface area contributed by atoms with E-state index in [1.165, 1.54) is 0 Å². The number of aliphatic imine (C=N–C) groups is 1. The van der Waals surface area contributed by atoms with E-state index in [4.69, 9.17) is 4.74 Å². The van der Waals surface area contributed by atoms with Gasteiger partial charge in [-0.05, 0) is 13.0 Å². The second-order valence-electron chi connectivity index (χ2n) is 5.38. The number of hydrogen-bond acceptors (Lipinski definition) is 5. The lowest BCUT2D eigenvalue weighted by Crippen LogP contribution is -2.36. The van der Waals surface area contributed by atoms with Crippen LogP contribution < -0.4 is 20.3 Å². The zero-order valence-corrected chi connectivity index (χ0v) is 18.2. The van der Waals surface area contributed by atoms with Crippen molar-refractivity contribution in [3.8, 4) is 5.75 Å². The Morgan fingerprint density at radius 3 is 2.68 bits per heavy atom. The predicted octanol–water partition coefficient (Wildman–Crippen LogP) is 3.09. The van der Waals surface area contributed by atoms with E-state index in [0.29, 0.717) is 13.1 Å². The van der Waals surface area contributed by atoms with Crippen LogP contribution in [0.15, 0.2) is 34.6 Å². The summed E-state index contributed by atoms with van der Waals surface area (Å²) < 4.78 is 5.37.